The van der Waals surface area contributed by atoms with Gasteiger partial charge in [0.2, 0.25) is 0 Å². The third-order valence-corrected chi connectivity index (χ3v) is 18.4. The zero-order chi connectivity index (χ0) is 63.6. The Morgan fingerprint density at radius 3 is 1.86 bits per heavy atom. The molecule has 0 aromatic rings. The van der Waals surface area contributed by atoms with Crippen molar-refractivity contribution in [1.29, 1.82) is 0 Å². The molecule has 0 aliphatic carbocycles. The van der Waals surface area contributed by atoms with Gasteiger partial charge in [0.25, 0.3) is 0 Å². The fourth-order valence-corrected chi connectivity index (χ4v) is 12.6. The molecule has 0 spiro atoms. The standard InChI is InChI=1S/C67H114O18/c1-16-47(28-25-35-68)27-24-30-50(19-4)66(42(8)55(71)36-51(77-13)37-58(52(20-5)43(9)69)82-61-38-56(72)63(75)45(11)80-61)84-60(74)32-31-48(17-2)26-22-23-29-49(18-3)65(78-14)41(7)54(70)33-34-67(79-15)40-59(53(21-6)44(10)85-67)83-62-39-57(73)64(76)46(12)81-62/h22-28,30-32,35,41-46,49-59,61-66,69-73,75-76H,16-21,29,33-34,36-40H2,1-15H3/b23-22+,28-25+,30-24+,32-31+,47-27+,48-26+. The van der Waals surface area contributed by atoms with Gasteiger partial charge in [-0.2, -0.15) is 0 Å². The van der Waals surface area contributed by atoms with E-state index in [0.29, 0.717) is 51.4 Å². The summed E-state index contributed by atoms with van der Waals surface area (Å²) in [6.07, 6.45) is 13.4. The van der Waals surface area contributed by atoms with Crippen LogP contribution in [0.1, 0.15) is 173 Å². The summed E-state index contributed by atoms with van der Waals surface area (Å²) in [4.78, 5) is 25.0. The molecule has 3 fully saturated rings. The number of carbonyl (C=O) groups excluding carboxylic acids is 2. The van der Waals surface area contributed by atoms with Crippen molar-refractivity contribution in [2.75, 3.05) is 21.3 Å². The van der Waals surface area contributed by atoms with Crippen molar-refractivity contribution >= 4 is 12.3 Å². The maximum atomic E-state index is 13.9. The molecule has 0 amide bonds. The molecule has 0 radical (unpaired) electrons. The molecule has 0 saturated carbocycles. The van der Waals surface area contributed by atoms with Crippen molar-refractivity contribution in [3.05, 3.63) is 71.9 Å². The Balaban J connectivity index is 1.77. The van der Waals surface area contributed by atoms with Crippen LogP contribution in [0, 0.1) is 35.5 Å². The highest BCUT2D eigenvalue weighted by molar-refractivity contribution is 5.82. The highest BCUT2D eigenvalue weighted by atomic mass is 16.7. The molecule has 3 heterocycles. The van der Waals surface area contributed by atoms with Crippen molar-refractivity contribution in [3.8, 4) is 0 Å². The van der Waals surface area contributed by atoms with Gasteiger partial charge in [-0.3, -0.25) is 4.79 Å². The zero-order valence-electron chi connectivity index (χ0n) is 54.2. The van der Waals surface area contributed by atoms with Crippen LogP contribution in [-0.4, -0.2) is 179 Å². The van der Waals surface area contributed by atoms with Crippen LogP contribution >= 0.6 is 0 Å². The lowest BCUT2D eigenvalue weighted by Crippen LogP contribution is -2.55. The van der Waals surface area contributed by atoms with Crippen LogP contribution in [0.3, 0.4) is 0 Å². The molecule has 18 heteroatoms. The number of allylic oxidation sites excluding steroid dienone is 10. The van der Waals surface area contributed by atoms with Gasteiger partial charge in [0.15, 0.2) is 18.4 Å². The molecule has 3 rings (SSSR count). The molecule has 7 N–H and O–H groups in total. The molecular formula is C67H114O18. The topological polar surface area (TPSA) is 259 Å². The number of methoxy groups -OCH3 is 3. The summed E-state index contributed by atoms with van der Waals surface area (Å²) in [6.45, 7) is 23.1. The second kappa shape index (κ2) is 39.2. The summed E-state index contributed by atoms with van der Waals surface area (Å²) in [5.74, 6) is -2.94. The quantitative estimate of drug-likeness (QED) is 0.0132. The summed E-state index contributed by atoms with van der Waals surface area (Å²) >= 11 is 0. The predicted molar refractivity (Wildman–Crippen MR) is 328 cm³/mol. The molecule has 24 atom stereocenters. The lowest BCUT2D eigenvalue weighted by atomic mass is 9.81. The van der Waals surface area contributed by atoms with E-state index in [-0.39, 0.29) is 73.6 Å². The van der Waals surface area contributed by atoms with Crippen LogP contribution in [-0.2, 0) is 52.2 Å². The number of esters is 1. The minimum absolute atomic E-state index is 0.0424. The number of rotatable bonds is 38. The average molecular weight is 1210 g/mol. The second-order valence-electron chi connectivity index (χ2n) is 24.1. The second-order valence-corrected chi connectivity index (χ2v) is 24.1. The Morgan fingerprint density at radius 2 is 1.32 bits per heavy atom. The minimum Gasteiger partial charge on any atom is -0.458 e. The average Bonchev–Trinajstić information content (AvgIpc) is 3.63. The number of aliphatic hydroxyl groups is 7. The normalized spacial score (nSPS) is 31.8. The Kier molecular flexibility index (Phi) is 35.1. The number of aldehydes is 1. The molecular weight excluding hydrogens is 1090 g/mol. The maximum absolute atomic E-state index is 13.9. The highest BCUT2D eigenvalue weighted by Crippen LogP contribution is 2.42. The van der Waals surface area contributed by atoms with Gasteiger partial charge in [-0.25, -0.2) is 4.79 Å². The Morgan fingerprint density at radius 1 is 0.706 bits per heavy atom. The fraction of sp³-hybridized carbons (Fsp3) is 0.791. The summed E-state index contributed by atoms with van der Waals surface area (Å²) in [5.41, 5.74) is 1.81. The molecule has 0 bridgehead atoms. The van der Waals surface area contributed by atoms with Crippen LogP contribution < -0.4 is 0 Å². The molecule has 0 aromatic heterocycles. The monoisotopic (exact) mass is 1210 g/mol. The number of ether oxygens (including phenoxy) is 9. The SMILES string of the molecule is CCC(/C=C/C=O)=C\C=C\C(CC)C(OC(=O)/C=C/C(=C/C=C/CC(CC)C(OC)C(C)C(O)CCC1(OC)CC(OC2CC(O)C(O)C(C)O2)C(CC)C(C)O1)CC)C(C)C(O)CC(CC(OC1CC(O)C(O)C(C)O1)C(CC)C(C)O)OC. The van der Waals surface area contributed by atoms with Gasteiger partial charge in [0.1, 0.15) is 24.6 Å². The van der Waals surface area contributed by atoms with Gasteiger partial charge in [-0.15, -0.1) is 0 Å². The van der Waals surface area contributed by atoms with Crippen LogP contribution in [0.2, 0.25) is 0 Å². The van der Waals surface area contributed by atoms with E-state index in [0.717, 1.165) is 30.3 Å². The summed E-state index contributed by atoms with van der Waals surface area (Å²) in [5, 5.41) is 76.2. The molecule has 0 aromatic carbocycles. The van der Waals surface area contributed by atoms with E-state index >= 15 is 0 Å². The third kappa shape index (κ3) is 23.7. The van der Waals surface area contributed by atoms with Gasteiger partial charge in [0.05, 0.1) is 73.2 Å². The van der Waals surface area contributed by atoms with Gasteiger partial charge in [-0.1, -0.05) is 110 Å². The number of aliphatic hydroxyl groups excluding tert-OH is 7. The summed E-state index contributed by atoms with van der Waals surface area (Å²) in [7, 11) is 4.85. The van der Waals surface area contributed by atoms with Crippen LogP contribution in [0.5, 0.6) is 0 Å². The van der Waals surface area contributed by atoms with Crippen molar-refractivity contribution in [3.63, 3.8) is 0 Å². The van der Waals surface area contributed by atoms with Crippen LogP contribution in [0.15, 0.2) is 71.9 Å². The highest BCUT2D eigenvalue weighted by Gasteiger charge is 2.49. The first-order valence-corrected chi connectivity index (χ1v) is 31.8. The molecule has 3 saturated heterocycles. The number of carbonyl (C=O) groups is 2. The molecule has 24 unspecified atom stereocenters. The van der Waals surface area contributed by atoms with Crippen molar-refractivity contribution in [2.45, 2.75) is 283 Å². The Hall–Kier alpha value is -3.02. The van der Waals surface area contributed by atoms with Gasteiger partial charge in [0, 0.05) is 89.1 Å². The third-order valence-electron chi connectivity index (χ3n) is 18.4. The maximum Gasteiger partial charge on any atom is 0.331 e. The molecule has 18 nitrogen and oxygen atoms in total. The van der Waals surface area contributed by atoms with Gasteiger partial charge >= 0.3 is 5.97 Å². The lowest BCUT2D eigenvalue weighted by Gasteiger charge is -2.48. The summed E-state index contributed by atoms with van der Waals surface area (Å²) < 4.78 is 55.9. The minimum atomic E-state index is -1.05. The lowest BCUT2D eigenvalue weighted by molar-refractivity contribution is -0.333. The first kappa shape index (κ1) is 76.2. The first-order chi connectivity index (χ1) is 40.4. The smallest absolute Gasteiger partial charge is 0.331 e. The molecule has 3 aliphatic rings. The van der Waals surface area contributed by atoms with E-state index in [1.54, 1.807) is 54.3 Å². The predicted octanol–water partition coefficient (Wildman–Crippen LogP) is 9.09. The van der Waals surface area contributed by atoms with E-state index in [1.807, 2.05) is 78.8 Å². The summed E-state index contributed by atoms with van der Waals surface area (Å²) in [6, 6.07) is 0. The Bertz CT molecular complexity index is 2050. The van der Waals surface area contributed by atoms with Crippen molar-refractivity contribution < 1.29 is 88.0 Å². The largest absolute Gasteiger partial charge is 0.458 e. The van der Waals surface area contributed by atoms with Crippen LogP contribution in [0.25, 0.3) is 0 Å². The number of hydrogen-bond donors (Lipinski definition) is 7. The van der Waals surface area contributed by atoms with Crippen LogP contribution in [0.4, 0.5) is 0 Å². The molecule has 85 heavy (non-hydrogen) atoms. The van der Waals surface area contributed by atoms with Crippen molar-refractivity contribution in [2.24, 2.45) is 35.5 Å². The molecule has 490 valence electrons. The van der Waals surface area contributed by atoms with E-state index in [4.69, 9.17) is 42.6 Å². The van der Waals surface area contributed by atoms with Crippen molar-refractivity contribution in [1.82, 2.24) is 0 Å². The van der Waals surface area contributed by atoms with Gasteiger partial charge < -0.3 is 78.4 Å². The zero-order valence-corrected chi connectivity index (χ0v) is 54.2. The van der Waals surface area contributed by atoms with E-state index in [9.17, 15) is 45.3 Å². The fourth-order valence-electron chi connectivity index (χ4n) is 12.6. The van der Waals surface area contributed by atoms with E-state index in [1.165, 1.54) is 12.2 Å². The number of hydrogen-bond acceptors (Lipinski definition) is 18. The van der Waals surface area contributed by atoms with Gasteiger partial charge in [-0.05, 0) is 102 Å². The molecule has 3 aliphatic heterocycles. The van der Waals surface area contributed by atoms with E-state index in [2.05, 4.69) is 19.9 Å². The van der Waals surface area contributed by atoms with E-state index < -0.39 is 104 Å². The first-order valence-electron chi connectivity index (χ1n) is 31.8. The Labute approximate surface area is 510 Å².